The van der Waals surface area contributed by atoms with Crippen LogP contribution in [-0.4, -0.2) is 23.6 Å². The largest absolute Gasteiger partial charge is 0.508 e. The van der Waals surface area contributed by atoms with Crippen LogP contribution >= 0.6 is 0 Å². The Bertz CT molecular complexity index is 1090. The molecule has 2 atom stereocenters. The van der Waals surface area contributed by atoms with Crippen LogP contribution in [0.4, 0.5) is 5.69 Å². The van der Waals surface area contributed by atoms with Gasteiger partial charge in [0.15, 0.2) is 0 Å². The van der Waals surface area contributed by atoms with E-state index in [2.05, 4.69) is 10.6 Å². The van der Waals surface area contributed by atoms with Crippen LogP contribution in [0.2, 0.25) is 0 Å². The van der Waals surface area contributed by atoms with Crippen LogP contribution in [-0.2, 0) is 11.2 Å². The van der Waals surface area contributed by atoms with Crippen LogP contribution in [0.5, 0.6) is 17.2 Å². The number of hydrogen-bond donors (Lipinski definition) is 4. The molecule has 0 bridgehead atoms. The Morgan fingerprint density at radius 2 is 1.84 bits per heavy atom. The molecule has 1 aliphatic heterocycles. The van der Waals surface area contributed by atoms with Crippen molar-refractivity contribution in [1.29, 1.82) is 0 Å². The Balaban J connectivity index is 1.48. The van der Waals surface area contributed by atoms with Crippen molar-refractivity contribution in [3.63, 3.8) is 0 Å². The zero-order valence-corrected chi connectivity index (χ0v) is 18.4. The number of nitrogens with two attached hydrogens (primary N) is 1. The summed E-state index contributed by atoms with van der Waals surface area (Å²) in [5.74, 6) is 1.52. The number of carbonyl (C=O) groups is 1. The average Bonchev–Trinajstić information content (AvgIpc) is 2.77. The number of anilines is 1. The summed E-state index contributed by atoms with van der Waals surface area (Å²) in [5.41, 5.74) is 11.1. The van der Waals surface area contributed by atoms with Gasteiger partial charge in [0, 0.05) is 17.8 Å². The van der Waals surface area contributed by atoms with Crippen LogP contribution in [0.3, 0.4) is 0 Å². The first-order chi connectivity index (χ1) is 15.4. The Morgan fingerprint density at radius 3 is 2.56 bits per heavy atom. The number of amides is 1. The molecule has 4 rings (SSSR count). The van der Waals surface area contributed by atoms with E-state index in [1.54, 1.807) is 12.1 Å². The van der Waals surface area contributed by atoms with E-state index >= 15 is 0 Å². The summed E-state index contributed by atoms with van der Waals surface area (Å²) in [6, 6.07) is 18.1. The minimum absolute atomic E-state index is 0.147. The summed E-state index contributed by atoms with van der Waals surface area (Å²) in [4.78, 5) is 13.0. The maximum absolute atomic E-state index is 13.0. The molecule has 0 aromatic heterocycles. The van der Waals surface area contributed by atoms with Crippen molar-refractivity contribution in [1.82, 2.24) is 5.32 Å². The molecule has 0 radical (unpaired) electrons. The number of carbonyl (C=O) groups excluding carboxylic acids is 1. The van der Waals surface area contributed by atoms with Crippen molar-refractivity contribution in [3.05, 3.63) is 82.9 Å². The molecule has 0 saturated carbocycles. The predicted molar refractivity (Wildman–Crippen MR) is 126 cm³/mol. The third-order valence-corrected chi connectivity index (χ3v) is 5.88. The topological polar surface area (TPSA) is 96.6 Å². The molecular formula is C26H29N3O3. The highest BCUT2D eigenvalue weighted by Crippen LogP contribution is 2.34. The van der Waals surface area contributed by atoms with Crippen molar-refractivity contribution in [2.24, 2.45) is 5.73 Å². The molecule has 0 unspecified atom stereocenters. The van der Waals surface area contributed by atoms with Gasteiger partial charge in [-0.15, -0.1) is 0 Å². The highest BCUT2D eigenvalue weighted by Gasteiger charge is 2.25. The van der Waals surface area contributed by atoms with Gasteiger partial charge in [0.25, 0.3) is 0 Å². The molecule has 6 heteroatoms. The van der Waals surface area contributed by atoms with Gasteiger partial charge in [-0.25, -0.2) is 0 Å². The van der Waals surface area contributed by atoms with Gasteiger partial charge in [-0.3, -0.25) is 4.79 Å². The van der Waals surface area contributed by atoms with Gasteiger partial charge in [0.2, 0.25) is 5.91 Å². The van der Waals surface area contributed by atoms with Crippen LogP contribution in [0.25, 0.3) is 0 Å². The number of ether oxygens (including phenoxy) is 1. The Hall–Kier alpha value is -3.51. The second kappa shape index (κ2) is 9.32. The summed E-state index contributed by atoms with van der Waals surface area (Å²) in [5, 5.41) is 16.3. The Morgan fingerprint density at radius 1 is 1.12 bits per heavy atom. The monoisotopic (exact) mass is 431 g/mol. The first-order valence-corrected chi connectivity index (χ1v) is 10.9. The smallest absolute Gasteiger partial charge is 0.237 e. The molecule has 166 valence electrons. The number of para-hydroxylation sites is 1. The Labute approximate surface area is 188 Å². The van der Waals surface area contributed by atoms with E-state index in [1.165, 1.54) is 0 Å². The van der Waals surface area contributed by atoms with E-state index < -0.39 is 6.04 Å². The number of benzene rings is 3. The highest BCUT2D eigenvalue weighted by atomic mass is 16.5. The SMILES string of the molecule is Cc1cc(O)cc(C)c1C[C@H](N)C(=O)N[C@H]1CCNc2ccc(Oc3ccccc3)cc21. The van der Waals surface area contributed by atoms with E-state index in [9.17, 15) is 9.90 Å². The number of aryl methyl sites for hydroxylation is 2. The molecule has 5 N–H and O–H groups in total. The standard InChI is InChI=1S/C26H29N3O3/c1-16-12-18(30)13-17(2)21(16)15-23(27)26(31)29-25-10-11-28-24-9-8-20(14-22(24)25)32-19-6-4-3-5-7-19/h3-9,12-14,23,25,28,30H,10-11,15,27H2,1-2H3,(H,29,31)/t23-,25-/m0/s1. The van der Waals surface area contributed by atoms with Gasteiger partial charge in [0.1, 0.15) is 17.2 Å². The fraction of sp³-hybridized carbons (Fsp3) is 0.269. The maximum atomic E-state index is 13.0. The molecule has 3 aromatic rings. The molecule has 32 heavy (non-hydrogen) atoms. The summed E-state index contributed by atoms with van der Waals surface area (Å²) < 4.78 is 5.97. The minimum Gasteiger partial charge on any atom is -0.508 e. The zero-order chi connectivity index (χ0) is 22.7. The molecule has 0 fully saturated rings. The third-order valence-electron chi connectivity index (χ3n) is 5.88. The van der Waals surface area contributed by atoms with Crippen LogP contribution in [0, 0.1) is 13.8 Å². The Kier molecular flexibility index (Phi) is 6.32. The van der Waals surface area contributed by atoms with Crippen molar-refractivity contribution in [3.8, 4) is 17.2 Å². The summed E-state index contributed by atoms with van der Waals surface area (Å²) in [6.45, 7) is 4.61. The lowest BCUT2D eigenvalue weighted by Gasteiger charge is -2.29. The quantitative estimate of drug-likeness (QED) is 0.465. The lowest BCUT2D eigenvalue weighted by Crippen LogP contribution is -2.44. The van der Waals surface area contributed by atoms with E-state index in [4.69, 9.17) is 10.5 Å². The maximum Gasteiger partial charge on any atom is 0.237 e. The first kappa shape index (κ1) is 21.7. The van der Waals surface area contributed by atoms with Crippen molar-refractivity contribution < 1.29 is 14.6 Å². The molecule has 0 saturated heterocycles. The van der Waals surface area contributed by atoms with Crippen LogP contribution in [0.15, 0.2) is 60.7 Å². The number of nitrogens with one attached hydrogen (secondary N) is 2. The summed E-state index contributed by atoms with van der Waals surface area (Å²) >= 11 is 0. The van der Waals surface area contributed by atoms with E-state index in [0.29, 0.717) is 6.42 Å². The molecule has 0 aliphatic carbocycles. The highest BCUT2D eigenvalue weighted by molar-refractivity contribution is 5.82. The number of hydrogen-bond acceptors (Lipinski definition) is 5. The number of phenolic OH excluding ortho intramolecular Hbond substituents is 1. The summed E-state index contributed by atoms with van der Waals surface area (Å²) in [6.07, 6.45) is 1.18. The number of aromatic hydroxyl groups is 1. The average molecular weight is 432 g/mol. The van der Waals surface area contributed by atoms with E-state index in [-0.39, 0.29) is 17.7 Å². The fourth-order valence-corrected chi connectivity index (χ4v) is 4.22. The van der Waals surface area contributed by atoms with Gasteiger partial charge in [-0.05, 0) is 85.8 Å². The third kappa shape index (κ3) is 4.86. The number of rotatable bonds is 6. The van der Waals surface area contributed by atoms with Crippen molar-refractivity contribution >= 4 is 11.6 Å². The van der Waals surface area contributed by atoms with Crippen LogP contribution < -0.4 is 21.1 Å². The molecule has 6 nitrogen and oxygen atoms in total. The second-order valence-corrected chi connectivity index (χ2v) is 8.31. The fourth-order valence-electron chi connectivity index (χ4n) is 4.22. The molecule has 0 spiro atoms. The van der Waals surface area contributed by atoms with E-state index in [1.807, 2.05) is 62.4 Å². The van der Waals surface area contributed by atoms with Gasteiger partial charge in [0.05, 0.1) is 12.1 Å². The molecule has 1 amide bonds. The van der Waals surface area contributed by atoms with Gasteiger partial charge < -0.3 is 26.2 Å². The van der Waals surface area contributed by atoms with Crippen molar-refractivity contribution in [2.75, 3.05) is 11.9 Å². The van der Waals surface area contributed by atoms with Crippen LogP contribution in [0.1, 0.15) is 34.7 Å². The number of phenols is 1. The molecule has 1 heterocycles. The second-order valence-electron chi connectivity index (χ2n) is 8.31. The van der Waals surface area contributed by atoms with Gasteiger partial charge in [-0.2, -0.15) is 0 Å². The summed E-state index contributed by atoms with van der Waals surface area (Å²) in [7, 11) is 0. The van der Waals surface area contributed by atoms with E-state index in [0.717, 1.165) is 52.4 Å². The predicted octanol–water partition coefficient (Wildman–Crippen LogP) is 4.34. The molecule has 3 aromatic carbocycles. The van der Waals surface area contributed by atoms with Gasteiger partial charge in [-0.1, -0.05) is 18.2 Å². The number of fused-ring (bicyclic) bond motifs is 1. The normalized spacial score (nSPS) is 15.9. The molecule has 1 aliphatic rings. The lowest BCUT2D eigenvalue weighted by atomic mass is 9.94. The first-order valence-electron chi connectivity index (χ1n) is 10.9. The minimum atomic E-state index is -0.681. The van der Waals surface area contributed by atoms with Gasteiger partial charge >= 0.3 is 0 Å². The molecular weight excluding hydrogens is 402 g/mol. The zero-order valence-electron chi connectivity index (χ0n) is 18.4. The lowest BCUT2D eigenvalue weighted by molar-refractivity contribution is -0.123. The van der Waals surface area contributed by atoms with Crippen molar-refractivity contribution in [2.45, 2.75) is 38.8 Å².